The summed E-state index contributed by atoms with van der Waals surface area (Å²) in [7, 11) is 0. The molecule has 0 saturated carbocycles. The number of fused-ring (bicyclic) bond motifs is 1. The van der Waals surface area contributed by atoms with Crippen LogP contribution in [0.1, 0.15) is 25.0 Å². The van der Waals surface area contributed by atoms with Gasteiger partial charge in [0.2, 0.25) is 0 Å². The molecule has 3 atom stereocenters. The molecule has 0 spiro atoms. The second-order valence-corrected chi connectivity index (χ2v) is 5.57. The molecule has 0 fully saturated rings. The van der Waals surface area contributed by atoms with Crippen LogP contribution in [0.2, 0.25) is 5.02 Å². The number of halogens is 1. The summed E-state index contributed by atoms with van der Waals surface area (Å²) in [6.07, 6.45) is 2.10. The van der Waals surface area contributed by atoms with Crippen LogP contribution in [0.5, 0.6) is 0 Å². The second kappa shape index (κ2) is 5.38. The molecule has 0 saturated heterocycles. The zero-order valence-electron chi connectivity index (χ0n) is 10.4. The van der Waals surface area contributed by atoms with Crippen LogP contribution < -0.4 is 5.32 Å². The zero-order valence-corrected chi connectivity index (χ0v) is 11.2. The SMILES string of the molecule is CC(CO)C(C)NC1Cc2ccc(Cl)cc2C1. The fraction of sp³-hybridized carbons (Fsp3) is 0.571. The molecule has 0 bridgehead atoms. The molecule has 17 heavy (non-hydrogen) atoms. The molecule has 0 heterocycles. The summed E-state index contributed by atoms with van der Waals surface area (Å²) in [5.41, 5.74) is 2.76. The minimum atomic E-state index is 0.236. The van der Waals surface area contributed by atoms with Crippen LogP contribution in [0.15, 0.2) is 18.2 Å². The van der Waals surface area contributed by atoms with Crippen molar-refractivity contribution in [3.63, 3.8) is 0 Å². The fourth-order valence-electron chi connectivity index (χ4n) is 2.40. The molecule has 2 rings (SSSR count). The first-order chi connectivity index (χ1) is 8.10. The number of aliphatic hydroxyl groups excluding tert-OH is 1. The lowest BCUT2D eigenvalue weighted by molar-refractivity contribution is 0.201. The number of hydrogen-bond donors (Lipinski definition) is 2. The van der Waals surface area contributed by atoms with Crippen LogP contribution in [0.3, 0.4) is 0 Å². The molecule has 1 aromatic rings. The van der Waals surface area contributed by atoms with Crippen molar-refractivity contribution in [1.29, 1.82) is 0 Å². The van der Waals surface area contributed by atoms with Crippen molar-refractivity contribution in [2.45, 2.75) is 38.8 Å². The first-order valence-corrected chi connectivity index (χ1v) is 6.62. The maximum Gasteiger partial charge on any atom is 0.0471 e. The topological polar surface area (TPSA) is 32.3 Å². The van der Waals surface area contributed by atoms with E-state index >= 15 is 0 Å². The highest BCUT2D eigenvalue weighted by molar-refractivity contribution is 6.30. The van der Waals surface area contributed by atoms with E-state index in [2.05, 4.69) is 31.3 Å². The molecule has 1 aromatic carbocycles. The van der Waals surface area contributed by atoms with Crippen molar-refractivity contribution in [1.82, 2.24) is 5.32 Å². The molecule has 0 aromatic heterocycles. The summed E-state index contributed by atoms with van der Waals surface area (Å²) in [5, 5.41) is 13.5. The van der Waals surface area contributed by atoms with Gasteiger partial charge in [0.15, 0.2) is 0 Å². The van der Waals surface area contributed by atoms with E-state index < -0.39 is 0 Å². The van der Waals surface area contributed by atoms with Crippen molar-refractivity contribution < 1.29 is 5.11 Å². The third kappa shape index (κ3) is 3.01. The molecule has 1 aliphatic rings. The number of aliphatic hydroxyl groups is 1. The summed E-state index contributed by atoms with van der Waals surface area (Å²) < 4.78 is 0. The Kier molecular flexibility index (Phi) is 4.08. The van der Waals surface area contributed by atoms with E-state index in [0.29, 0.717) is 18.0 Å². The highest BCUT2D eigenvalue weighted by Crippen LogP contribution is 2.25. The first kappa shape index (κ1) is 12.9. The zero-order chi connectivity index (χ0) is 12.4. The van der Waals surface area contributed by atoms with E-state index in [1.165, 1.54) is 11.1 Å². The smallest absolute Gasteiger partial charge is 0.0471 e. The predicted molar refractivity (Wildman–Crippen MR) is 71.5 cm³/mol. The van der Waals surface area contributed by atoms with Gasteiger partial charge in [-0.05, 0) is 48.9 Å². The number of hydrogen-bond acceptors (Lipinski definition) is 2. The number of benzene rings is 1. The standard InChI is InChI=1S/C14H20ClNO/c1-9(8-17)10(2)16-14-6-11-3-4-13(15)5-12(11)7-14/h3-5,9-10,14,16-17H,6-8H2,1-2H3. The van der Waals surface area contributed by atoms with E-state index in [1.54, 1.807) is 0 Å². The normalized spacial score (nSPS) is 22.2. The predicted octanol–water partition coefficient (Wildman–Crippen LogP) is 2.41. The largest absolute Gasteiger partial charge is 0.396 e. The Hall–Kier alpha value is -0.570. The number of rotatable bonds is 4. The molecule has 1 aliphatic carbocycles. The van der Waals surface area contributed by atoms with Gasteiger partial charge < -0.3 is 10.4 Å². The Morgan fingerprint density at radius 3 is 2.76 bits per heavy atom. The molecular weight excluding hydrogens is 234 g/mol. The van der Waals surface area contributed by atoms with Crippen LogP contribution in [0.25, 0.3) is 0 Å². The summed E-state index contributed by atoms with van der Waals surface area (Å²) in [6, 6.07) is 6.98. The quantitative estimate of drug-likeness (QED) is 0.864. The van der Waals surface area contributed by atoms with Crippen molar-refractivity contribution in [2.24, 2.45) is 5.92 Å². The molecule has 2 nitrogen and oxygen atoms in total. The molecule has 0 amide bonds. The van der Waals surface area contributed by atoms with Crippen molar-refractivity contribution in [2.75, 3.05) is 6.61 Å². The Labute approximate surface area is 108 Å². The highest BCUT2D eigenvalue weighted by Gasteiger charge is 2.24. The van der Waals surface area contributed by atoms with Gasteiger partial charge >= 0.3 is 0 Å². The lowest BCUT2D eigenvalue weighted by Gasteiger charge is -2.23. The minimum Gasteiger partial charge on any atom is -0.396 e. The van der Waals surface area contributed by atoms with Crippen LogP contribution in [0, 0.1) is 5.92 Å². The van der Waals surface area contributed by atoms with Crippen LogP contribution in [-0.4, -0.2) is 23.8 Å². The van der Waals surface area contributed by atoms with Crippen LogP contribution in [-0.2, 0) is 12.8 Å². The molecule has 0 aliphatic heterocycles. The average Bonchev–Trinajstić information content (AvgIpc) is 2.69. The summed E-state index contributed by atoms with van der Waals surface area (Å²) in [6.45, 7) is 4.44. The maximum absolute atomic E-state index is 9.13. The average molecular weight is 254 g/mol. The molecule has 94 valence electrons. The van der Waals surface area contributed by atoms with E-state index in [0.717, 1.165) is 17.9 Å². The van der Waals surface area contributed by atoms with Gasteiger partial charge in [0.05, 0.1) is 0 Å². The lowest BCUT2D eigenvalue weighted by Crippen LogP contribution is -2.41. The van der Waals surface area contributed by atoms with Crippen LogP contribution >= 0.6 is 11.6 Å². The second-order valence-electron chi connectivity index (χ2n) is 5.13. The fourth-order valence-corrected chi connectivity index (χ4v) is 2.59. The third-order valence-corrected chi connectivity index (χ3v) is 3.98. The van der Waals surface area contributed by atoms with Gasteiger partial charge in [-0.25, -0.2) is 0 Å². The molecule has 0 radical (unpaired) electrons. The van der Waals surface area contributed by atoms with Gasteiger partial charge in [0.1, 0.15) is 0 Å². The Balaban J connectivity index is 1.96. The Bertz CT molecular complexity index is 394. The van der Waals surface area contributed by atoms with E-state index in [9.17, 15) is 0 Å². The summed E-state index contributed by atoms with van der Waals surface area (Å²) in [5.74, 6) is 0.294. The Morgan fingerprint density at radius 1 is 1.35 bits per heavy atom. The van der Waals surface area contributed by atoms with Crippen molar-refractivity contribution >= 4 is 11.6 Å². The van der Waals surface area contributed by atoms with E-state index in [4.69, 9.17) is 16.7 Å². The third-order valence-electron chi connectivity index (χ3n) is 3.74. The van der Waals surface area contributed by atoms with Crippen LogP contribution in [0.4, 0.5) is 0 Å². The molecule has 3 unspecified atom stereocenters. The summed E-state index contributed by atoms with van der Waals surface area (Å²) in [4.78, 5) is 0. The minimum absolute atomic E-state index is 0.236. The lowest BCUT2D eigenvalue weighted by atomic mass is 10.0. The molecular formula is C14H20ClNO. The van der Waals surface area contributed by atoms with E-state index in [-0.39, 0.29) is 6.61 Å². The monoisotopic (exact) mass is 253 g/mol. The maximum atomic E-state index is 9.13. The van der Waals surface area contributed by atoms with Crippen molar-refractivity contribution in [3.05, 3.63) is 34.3 Å². The van der Waals surface area contributed by atoms with Crippen molar-refractivity contribution in [3.8, 4) is 0 Å². The van der Waals surface area contributed by atoms with Gasteiger partial charge in [-0.3, -0.25) is 0 Å². The van der Waals surface area contributed by atoms with E-state index in [1.807, 2.05) is 6.07 Å². The molecule has 2 N–H and O–H groups in total. The van der Waals surface area contributed by atoms with Gasteiger partial charge in [0.25, 0.3) is 0 Å². The van der Waals surface area contributed by atoms with Gasteiger partial charge in [0, 0.05) is 23.7 Å². The van der Waals surface area contributed by atoms with Gasteiger partial charge in [-0.15, -0.1) is 0 Å². The highest BCUT2D eigenvalue weighted by atomic mass is 35.5. The first-order valence-electron chi connectivity index (χ1n) is 6.24. The van der Waals surface area contributed by atoms with Gasteiger partial charge in [-0.1, -0.05) is 24.6 Å². The Morgan fingerprint density at radius 2 is 2.06 bits per heavy atom. The number of nitrogens with one attached hydrogen (secondary N) is 1. The molecule has 3 heteroatoms. The summed E-state index contributed by atoms with van der Waals surface area (Å²) >= 11 is 6.00. The van der Waals surface area contributed by atoms with Gasteiger partial charge in [-0.2, -0.15) is 0 Å².